The van der Waals surface area contributed by atoms with Gasteiger partial charge in [0.05, 0.1) is 17.2 Å². The van der Waals surface area contributed by atoms with Gasteiger partial charge in [-0.2, -0.15) is 0 Å². The van der Waals surface area contributed by atoms with Crippen LogP contribution in [0.25, 0.3) is 0 Å². The molecule has 0 bridgehead atoms. The van der Waals surface area contributed by atoms with Crippen LogP contribution in [0, 0.1) is 0 Å². The minimum Gasteiger partial charge on any atom is -0.483 e. The number of amides is 6. The number of carbonyl (C=O) groups is 6. The summed E-state index contributed by atoms with van der Waals surface area (Å²) in [5.74, 6) is -2.88. The van der Waals surface area contributed by atoms with Crippen molar-refractivity contribution in [2.75, 3.05) is 13.2 Å². The predicted octanol–water partition coefficient (Wildman–Crippen LogP) is 2.20. The standard InChI is InChI=1S/C31H45N5O7/c1-7-30(3,4)34-20(26(39)35-31(5,6)8-2)13-9-10-17-32-24(38)18-43-22-14-11-12-19-25(22)29(42)36(28(19)41)21-15-16-23(37)33-27(21)40/h11-12,14,20-21,34H,7-10,13,15-18H2,1-6H3,(H,32,38)(H,35,39)(H,33,37,40)/t20-,21?/m0/s1. The molecule has 4 N–H and O–H groups in total. The molecule has 0 aromatic heterocycles. The van der Waals surface area contributed by atoms with E-state index in [4.69, 9.17) is 4.74 Å². The first kappa shape index (κ1) is 33.7. The van der Waals surface area contributed by atoms with Crippen molar-refractivity contribution >= 4 is 35.4 Å². The van der Waals surface area contributed by atoms with Crippen LogP contribution in [0.1, 0.15) is 107 Å². The molecule has 2 aliphatic heterocycles. The molecule has 0 radical (unpaired) electrons. The molecular formula is C31H45N5O7. The van der Waals surface area contributed by atoms with E-state index in [9.17, 15) is 28.8 Å². The normalized spacial score (nSPS) is 17.8. The van der Waals surface area contributed by atoms with E-state index in [2.05, 4.69) is 42.0 Å². The molecule has 0 saturated carbocycles. The molecule has 2 atom stereocenters. The molecule has 1 fully saturated rings. The molecular weight excluding hydrogens is 554 g/mol. The zero-order valence-corrected chi connectivity index (χ0v) is 26.1. The Labute approximate surface area is 253 Å². The highest BCUT2D eigenvalue weighted by Crippen LogP contribution is 2.33. The molecule has 6 amide bonds. The van der Waals surface area contributed by atoms with Crippen molar-refractivity contribution < 1.29 is 33.5 Å². The Balaban J connectivity index is 1.51. The van der Waals surface area contributed by atoms with Gasteiger partial charge in [0.2, 0.25) is 17.7 Å². The summed E-state index contributed by atoms with van der Waals surface area (Å²) in [6.07, 6.45) is 3.70. The molecule has 1 aromatic carbocycles. The second-order valence-electron chi connectivity index (χ2n) is 12.4. The minimum atomic E-state index is -1.09. The first-order valence-electron chi connectivity index (χ1n) is 15.0. The number of ether oxygens (including phenoxy) is 1. The van der Waals surface area contributed by atoms with Crippen molar-refractivity contribution in [1.82, 2.24) is 26.2 Å². The average molecular weight is 600 g/mol. The monoisotopic (exact) mass is 599 g/mol. The van der Waals surface area contributed by atoms with E-state index in [0.717, 1.165) is 17.7 Å². The number of nitrogens with one attached hydrogen (secondary N) is 4. The number of nitrogens with zero attached hydrogens (tertiary/aromatic N) is 1. The number of hydrogen-bond donors (Lipinski definition) is 4. The van der Waals surface area contributed by atoms with Crippen molar-refractivity contribution in [3.05, 3.63) is 29.3 Å². The van der Waals surface area contributed by atoms with Gasteiger partial charge in [-0.05, 0) is 78.4 Å². The summed E-state index contributed by atoms with van der Waals surface area (Å²) in [7, 11) is 0. The van der Waals surface area contributed by atoms with Crippen LogP contribution in [-0.2, 0) is 19.2 Å². The second-order valence-corrected chi connectivity index (χ2v) is 12.4. The number of fused-ring (bicyclic) bond motifs is 1. The van der Waals surface area contributed by atoms with Gasteiger partial charge in [-0.3, -0.25) is 39.0 Å². The Morgan fingerprint density at radius 1 is 1.02 bits per heavy atom. The molecule has 1 aromatic rings. The van der Waals surface area contributed by atoms with Gasteiger partial charge in [0.25, 0.3) is 17.7 Å². The van der Waals surface area contributed by atoms with E-state index in [1.165, 1.54) is 18.2 Å². The molecule has 2 aliphatic rings. The fraction of sp³-hybridized carbons (Fsp3) is 0.613. The summed E-state index contributed by atoms with van der Waals surface area (Å²) >= 11 is 0. The molecule has 0 aliphatic carbocycles. The molecule has 12 heteroatoms. The number of carbonyl (C=O) groups excluding carboxylic acids is 6. The second kappa shape index (κ2) is 14.1. The SMILES string of the molecule is CCC(C)(C)NC(=O)[C@H](CCCCNC(=O)COc1cccc2c1C(=O)N(C1CCC(=O)NC1=O)C2=O)NC(C)(C)CC. The van der Waals surface area contributed by atoms with Crippen molar-refractivity contribution in [3.8, 4) is 5.75 Å². The van der Waals surface area contributed by atoms with Crippen LogP contribution in [0.2, 0.25) is 0 Å². The summed E-state index contributed by atoms with van der Waals surface area (Å²) in [5, 5.41) is 11.5. The third kappa shape index (κ3) is 8.62. The van der Waals surface area contributed by atoms with Crippen LogP contribution in [-0.4, -0.2) is 76.7 Å². The fourth-order valence-electron chi connectivity index (χ4n) is 4.85. The lowest BCUT2D eigenvalue weighted by atomic mass is 9.96. The largest absolute Gasteiger partial charge is 0.483 e. The number of hydrogen-bond acceptors (Lipinski definition) is 8. The minimum absolute atomic E-state index is 0.0110. The maximum absolute atomic E-state index is 13.2. The zero-order valence-electron chi connectivity index (χ0n) is 26.1. The lowest BCUT2D eigenvalue weighted by Gasteiger charge is -2.33. The average Bonchev–Trinajstić information content (AvgIpc) is 3.20. The Morgan fingerprint density at radius 3 is 2.37 bits per heavy atom. The van der Waals surface area contributed by atoms with Gasteiger partial charge in [0.15, 0.2) is 6.61 Å². The van der Waals surface area contributed by atoms with Crippen LogP contribution in [0.4, 0.5) is 0 Å². The predicted molar refractivity (Wildman–Crippen MR) is 159 cm³/mol. The van der Waals surface area contributed by atoms with Crippen LogP contribution in [0.15, 0.2) is 18.2 Å². The van der Waals surface area contributed by atoms with E-state index in [1.54, 1.807) is 0 Å². The lowest BCUT2D eigenvalue weighted by molar-refractivity contribution is -0.136. The van der Waals surface area contributed by atoms with Crippen LogP contribution in [0.3, 0.4) is 0 Å². The zero-order chi connectivity index (χ0) is 31.9. The van der Waals surface area contributed by atoms with E-state index in [0.29, 0.717) is 25.8 Å². The summed E-state index contributed by atoms with van der Waals surface area (Å²) in [6.45, 7) is 12.2. The van der Waals surface area contributed by atoms with Gasteiger partial charge in [-0.1, -0.05) is 19.9 Å². The fourth-order valence-corrected chi connectivity index (χ4v) is 4.85. The molecule has 3 rings (SSSR count). The van der Waals surface area contributed by atoms with Crippen LogP contribution in [0.5, 0.6) is 5.75 Å². The Morgan fingerprint density at radius 2 is 1.72 bits per heavy atom. The molecule has 43 heavy (non-hydrogen) atoms. The molecule has 12 nitrogen and oxygen atoms in total. The van der Waals surface area contributed by atoms with E-state index < -0.39 is 35.6 Å². The van der Waals surface area contributed by atoms with Crippen molar-refractivity contribution in [1.29, 1.82) is 0 Å². The smallest absolute Gasteiger partial charge is 0.266 e. The van der Waals surface area contributed by atoms with Crippen LogP contribution >= 0.6 is 0 Å². The van der Waals surface area contributed by atoms with Crippen molar-refractivity contribution in [3.63, 3.8) is 0 Å². The van der Waals surface area contributed by atoms with Gasteiger partial charge in [0.1, 0.15) is 11.8 Å². The molecule has 1 unspecified atom stereocenters. The Hall–Kier alpha value is -3.80. The Bertz CT molecular complexity index is 1260. The molecule has 236 valence electrons. The molecule has 1 saturated heterocycles. The van der Waals surface area contributed by atoms with E-state index in [1.807, 2.05) is 20.8 Å². The number of piperidine rings is 1. The number of unbranched alkanes of at least 4 members (excludes halogenated alkanes) is 1. The highest BCUT2D eigenvalue weighted by molar-refractivity contribution is 6.24. The highest BCUT2D eigenvalue weighted by atomic mass is 16.5. The van der Waals surface area contributed by atoms with Gasteiger partial charge >= 0.3 is 0 Å². The maximum atomic E-state index is 13.2. The van der Waals surface area contributed by atoms with Crippen LogP contribution < -0.4 is 26.0 Å². The summed E-state index contributed by atoms with van der Waals surface area (Å²) in [4.78, 5) is 76.3. The van der Waals surface area contributed by atoms with Crippen molar-refractivity contribution in [2.45, 2.75) is 110 Å². The van der Waals surface area contributed by atoms with Gasteiger partial charge in [0, 0.05) is 24.0 Å². The Kier molecular flexibility index (Phi) is 11.1. The van der Waals surface area contributed by atoms with E-state index >= 15 is 0 Å². The van der Waals surface area contributed by atoms with E-state index in [-0.39, 0.29) is 59.4 Å². The third-order valence-corrected chi connectivity index (χ3v) is 8.14. The quantitative estimate of drug-likeness (QED) is 0.176. The topological polar surface area (TPSA) is 163 Å². The number of rotatable bonds is 15. The number of imide groups is 2. The summed E-state index contributed by atoms with van der Waals surface area (Å²) in [6, 6.07) is 3.03. The van der Waals surface area contributed by atoms with Crippen molar-refractivity contribution in [2.24, 2.45) is 0 Å². The first-order valence-corrected chi connectivity index (χ1v) is 15.0. The third-order valence-electron chi connectivity index (χ3n) is 8.14. The molecule has 2 heterocycles. The maximum Gasteiger partial charge on any atom is 0.266 e. The first-order chi connectivity index (χ1) is 20.2. The highest BCUT2D eigenvalue weighted by Gasteiger charge is 2.46. The number of benzene rings is 1. The summed E-state index contributed by atoms with van der Waals surface area (Å²) < 4.78 is 5.63. The lowest BCUT2D eigenvalue weighted by Crippen LogP contribution is -2.56. The van der Waals surface area contributed by atoms with Gasteiger partial charge in [-0.15, -0.1) is 0 Å². The summed E-state index contributed by atoms with van der Waals surface area (Å²) in [5.41, 5.74) is -0.440. The van der Waals surface area contributed by atoms with Gasteiger partial charge in [-0.25, -0.2) is 0 Å². The van der Waals surface area contributed by atoms with Gasteiger partial charge < -0.3 is 20.7 Å². The molecule has 0 spiro atoms.